The molecule has 0 fully saturated rings. The first kappa shape index (κ1) is 30.6. The molecule has 42 heavy (non-hydrogen) atoms. The number of urea groups is 1. The van der Waals surface area contributed by atoms with Gasteiger partial charge >= 0.3 is 12.2 Å². The zero-order chi connectivity index (χ0) is 30.1. The Hall–Kier alpha value is -4.35. The van der Waals surface area contributed by atoms with Gasteiger partial charge in [-0.05, 0) is 93.1 Å². The largest absolute Gasteiger partial charge is 0.439 e. The minimum atomic E-state index is -4.63. The molecule has 4 aromatic rings. The van der Waals surface area contributed by atoms with E-state index >= 15 is 0 Å². The maximum atomic E-state index is 13.8. The van der Waals surface area contributed by atoms with Crippen LogP contribution in [0.1, 0.15) is 18.4 Å². The van der Waals surface area contributed by atoms with Crippen molar-refractivity contribution in [2.75, 3.05) is 43.1 Å². The van der Waals surface area contributed by atoms with Gasteiger partial charge in [0.2, 0.25) is 11.8 Å². The Morgan fingerprint density at radius 2 is 1.62 bits per heavy atom. The van der Waals surface area contributed by atoms with E-state index in [2.05, 4.69) is 30.8 Å². The van der Waals surface area contributed by atoms with Gasteiger partial charge in [0.15, 0.2) is 0 Å². The highest BCUT2D eigenvalue weighted by atomic mass is 35.5. The van der Waals surface area contributed by atoms with E-state index in [0.717, 1.165) is 32.0 Å². The third-order valence-corrected chi connectivity index (χ3v) is 6.27. The van der Waals surface area contributed by atoms with Gasteiger partial charge < -0.3 is 25.6 Å². The maximum absolute atomic E-state index is 13.8. The van der Waals surface area contributed by atoms with Crippen LogP contribution in [0.5, 0.6) is 11.6 Å². The van der Waals surface area contributed by atoms with Crippen LogP contribution in [0.25, 0.3) is 11.1 Å². The van der Waals surface area contributed by atoms with E-state index in [-0.39, 0.29) is 11.3 Å². The molecular formula is C30H30ClF3N6O2. The number of unbranched alkanes of at least 4 members (excludes halogenated alkanes) is 1. The number of hydrogen-bond donors (Lipinski definition) is 3. The van der Waals surface area contributed by atoms with E-state index in [4.69, 9.17) is 16.3 Å². The van der Waals surface area contributed by atoms with Crippen LogP contribution in [-0.2, 0) is 6.18 Å². The molecule has 0 unspecified atom stereocenters. The minimum Gasteiger partial charge on any atom is -0.439 e. The highest BCUT2D eigenvalue weighted by Gasteiger charge is 2.34. The third-order valence-electron chi connectivity index (χ3n) is 6.02. The summed E-state index contributed by atoms with van der Waals surface area (Å²) in [5.74, 6) is 1.29. The predicted molar refractivity (Wildman–Crippen MR) is 159 cm³/mol. The average molecular weight is 599 g/mol. The van der Waals surface area contributed by atoms with Crippen LogP contribution in [0.4, 0.5) is 35.3 Å². The van der Waals surface area contributed by atoms with Gasteiger partial charge in [-0.2, -0.15) is 18.2 Å². The van der Waals surface area contributed by atoms with E-state index in [9.17, 15) is 18.0 Å². The first-order valence-electron chi connectivity index (χ1n) is 13.1. The van der Waals surface area contributed by atoms with Gasteiger partial charge in [0.1, 0.15) is 5.75 Å². The Morgan fingerprint density at radius 3 is 2.31 bits per heavy atom. The molecule has 1 aromatic heterocycles. The van der Waals surface area contributed by atoms with Crippen LogP contribution in [-0.4, -0.2) is 48.1 Å². The Balaban J connectivity index is 1.34. The molecule has 4 rings (SSSR count). The molecule has 8 nitrogen and oxygen atoms in total. The molecule has 0 spiro atoms. The van der Waals surface area contributed by atoms with Gasteiger partial charge in [-0.1, -0.05) is 29.8 Å². The monoisotopic (exact) mass is 598 g/mol. The van der Waals surface area contributed by atoms with Crippen LogP contribution in [0.2, 0.25) is 5.02 Å². The molecule has 0 bridgehead atoms. The zero-order valence-electron chi connectivity index (χ0n) is 23.0. The van der Waals surface area contributed by atoms with Gasteiger partial charge in [-0.3, -0.25) is 0 Å². The van der Waals surface area contributed by atoms with Crippen LogP contribution in [0.15, 0.2) is 79.0 Å². The molecule has 0 aliphatic heterocycles. The molecule has 0 atom stereocenters. The summed E-state index contributed by atoms with van der Waals surface area (Å²) in [6.07, 6.45) is -1.00. The second-order valence-electron chi connectivity index (χ2n) is 9.63. The summed E-state index contributed by atoms with van der Waals surface area (Å²) in [5, 5.41) is 8.65. The number of carbonyl (C=O) groups excluding carboxylic acids is 1. The highest BCUT2D eigenvalue weighted by Crippen LogP contribution is 2.39. The number of alkyl halides is 3. The lowest BCUT2D eigenvalue weighted by Gasteiger charge is -2.16. The summed E-state index contributed by atoms with van der Waals surface area (Å²) < 4.78 is 47.3. The number of nitrogens with one attached hydrogen (secondary N) is 3. The standard InChI is InChI=1S/C30H30ClF3N6O2/c1-40(2)18-4-3-16-35-28-36-17-15-27(39-28)42-24-12-9-22(10-13-24)37-29(41)38-23-11-14-25(26(19-23)30(32,33)34)20-5-7-21(31)8-6-20/h5-15,17,19H,3-4,16,18H2,1-2H3,(H,35,36,39)(H2,37,38,41). The fourth-order valence-corrected chi connectivity index (χ4v) is 4.12. The zero-order valence-corrected chi connectivity index (χ0v) is 23.8. The minimum absolute atomic E-state index is 0.0108. The van der Waals surface area contributed by atoms with Crippen molar-refractivity contribution < 1.29 is 22.7 Å². The summed E-state index contributed by atoms with van der Waals surface area (Å²) in [5.41, 5.74) is -0.140. The number of rotatable bonds is 11. The van der Waals surface area contributed by atoms with Crippen LogP contribution in [0.3, 0.4) is 0 Å². The Morgan fingerprint density at radius 1 is 0.929 bits per heavy atom. The third kappa shape index (κ3) is 9.08. The second-order valence-corrected chi connectivity index (χ2v) is 10.1. The maximum Gasteiger partial charge on any atom is 0.417 e. The summed E-state index contributed by atoms with van der Waals surface area (Å²) in [6, 6.07) is 17.1. The Kier molecular flexibility index (Phi) is 10.2. The highest BCUT2D eigenvalue weighted by molar-refractivity contribution is 6.30. The van der Waals surface area contributed by atoms with Gasteiger partial charge in [0.05, 0.1) is 5.56 Å². The molecule has 1 heterocycles. The van der Waals surface area contributed by atoms with Gasteiger partial charge in [0, 0.05) is 35.2 Å². The lowest BCUT2D eigenvalue weighted by atomic mass is 9.98. The van der Waals surface area contributed by atoms with E-state index in [0.29, 0.717) is 33.9 Å². The summed E-state index contributed by atoms with van der Waals surface area (Å²) >= 11 is 5.87. The lowest BCUT2D eigenvalue weighted by Crippen LogP contribution is -2.20. The first-order valence-corrected chi connectivity index (χ1v) is 13.5. The molecular weight excluding hydrogens is 569 g/mol. The van der Waals surface area contributed by atoms with Crippen LogP contribution >= 0.6 is 11.6 Å². The second kappa shape index (κ2) is 14.0. The van der Waals surface area contributed by atoms with E-state index < -0.39 is 17.8 Å². The molecule has 0 aliphatic rings. The van der Waals surface area contributed by atoms with Gasteiger partial charge in [-0.25, -0.2) is 9.78 Å². The number of amides is 2. The number of anilines is 3. The number of benzene rings is 3. The smallest absolute Gasteiger partial charge is 0.417 e. The van der Waals surface area contributed by atoms with E-state index in [1.807, 2.05) is 14.1 Å². The lowest BCUT2D eigenvalue weighted by molar-refractivity contribution is -0.137. The molecule has 2 amide bonds. The van der Waals surface area contributed by atoms with Crippen molar-refractivity contribution in [3.05, 3.63) is 89.6 Å². The summed E-state index contributed by atoms with van der Waals surface area (Å²) in [7, 11) is 4.07. The first-order chi connectivity index (χ1) is 20.1. The average Bonchev–Trinajstić information content (AvgIpc) is 2.94. The number of halogens is 4. The molecule has 0 aliphatic carbocycles. The fraction of sp³-hybridized carbons (Fsp3) is 0.233. The van der Waals surface area contributed by atoms with Crippen LogP contribution < -0.4 is 20.7 Å². The number of aromatic nitrogens is 2. The molecule has 0 radical (unpaired) electrons. The van der Waals surface area contributed by atoms with Crippen molar-refractivity contribution in [2.45, 2.75) is 19.0 Å². The molecule has 12 heteroatoms. The molecule has 3 aromatic carbocycles. The van der Waals surface area contributed by atoms with E-state index in [1.54, 1.807) is 36.5 Å². The number of carbonyl (C=O) groups is 1. The van der Waals surface area contributed by atoms with Crippen molar-refractivity contribution in [3.8, 4) is 22.8 Å². The Labute approximate surface area is 246 Å². The van der Waals surface area contributed by atoms with Gasteiger partial charge in [-0.15, -0.1) is 0 Å². The Bertz CT molecular complexity index is 1480. The SMILES string of the molecule is CN(C)CCCCNc1nccc(Oc2ccc(NC(=O)Nc3ccc(-c4ccc(Cl)cc4)c(C(F)(F)F)c3)cc2)n1. The molecule has 220 valence electrons. The molecule has 0 saturated heterocycles. The van der Waals surface area contributed by atoms with Crippen molar-refractivity contribution in [1.29, 1.82) is 0 Å². The van der Waals surface area contributed by atoms with Crippen LogP contribution in [0, 0.1) is 0 Å². The van der Waals surface area contributed by atoms with Crippen molar-refractivity contribution in [3.63, 3.8) is 0 Å². The number of nitrogens with zero attached hydrogens (tertiary/aromatic N) is 3. The van der Waals surface area contributed by atoms with Crippen molar-refractivity contribution >= 4 is 35.0 Å². The summed E-state index contributed by atoms with van der Waals surface area (Å²) in [6.45, 7) is 1.75. The summed E-state index contributed by atoms with van der Waals surface area (Å²) in [4.78, 5) is 23.2. The van der Waals surface area contributed by atoms with Crippen molar-refractivity contribution in [1.82, 2.24) is 14.9 Å². The van der Waals surface area contributed by atoms with Gasteiger partial charge in [0.25, 0.3) is 0 Å². The number of hydrogen-bond acceptors (Lipinski definition) is 6. The fourth-order valence-electron chi connectivity index (χ4n) is 4.00. The molecule has 0 saturated carbocycles. The topological polar surface area (TPSA) is 91.4 Å². The van der Waals surface area contributed by atoms with E-state index in [1.165, 1.54) is 36.4 Å². The number of ether oxygens (including phenoxy) is 1. The normalized spacial score (nSPS) is 11.3. The predicted octanol–water partition coefficient (Wildman–Crippen LogP) is 8.01. The quantitative estimate of drug-likeness (QED) is 0.152. The molecule has 3 N–H and O–H groups in total. The van der Waals surface area contributed by atoms with Crippen molar-refractivity contribution in [2.24, 2.45) is 0 Å².